The van der Waals surface area contributed by atoms with Crippen molar-refractivity contribution in [3.8, 4) is 5.75 Å². The molecule has 0 N–H and O–H groups in total. The maximum atomic E-state index is 5.71. The number of hydrogen-bond acceptors (Lipinski definition) is 1. The predicted octanol–water partition coefficient (Wildman–Crippen LogP) is 4.84. The summed E-state index contributed by atoms with van der Waals surface area (Å²) in [5.41, 5.74) is 2.87. The molecule has 94 valence electrons. The monoisotopic (exact) mass is 296 g/mol. The lowest BCUT2D eigenvalue weighted by molar-refractivity contribution is 0.291. The summed E-state index contributed by atoms with van der Waals surface area (Å²) in [6.45, 7) is 9.80. The SMILES string of the molecule is CC(C)CC(Br)c1ccc2c(c1)C(C)(C)CO2. The fraction of sp³-hybridized carbons (Fsp3) is 0.600. The summed E-state index contributed by atoms with van der Waals surface area (Å²) < 4.78 is 5.71. The van der Waals surface area contributed by atoms with Gasteiger partial charge in [0.25, 0.3) is 0 Å². The van der Waals surface area contributed by atoms with E-state index >= 15 is 0 Å². The Bertz CT molecular complexity index is 409. The van der Waals surface area contributed by atoms with Crippen molar-refractivity contribution < 1.29 is 4.74 Å². The van der Waals surface area contributed by atoms with Crippen LogP contribution in [0.2, 0.25) is 0 Å². The summed E-state index contributed by atoms with van der Waals surface area (Å²) in [4.78, 5) is 0.448. The van der Waals surface area contributed by atoms with Crippen LogP contribution in [0.25, 0.3) is 0 Å². The van der Waals surface area contributed by atoms with Crippen molar-refractivity contribution in [1.29, 1.82) is 0 Å². The molecule has 1 aliphatic heterocycles. The molecule has 0 radical (unpaired) electrons. The number of fused-ring (bicyclic) bond motifs is 1. The van der Waals surface area contributed by atoms with Gasteiger partial charge in [-0.15, -0.1) is 0 Å². The van der Waals surface area contributed by atoms with Gasteiger partial charge in [0.1, 0.15) is 5.75 Å². The highest BCUT2D eigenvalue weighted by Gasteiger charge is 2.32. The normalized spacial score (nSPS) is 18.9. The molecule has 0 amide bonds. The lowest BCUT2D eigenvalue weighted by Gasteiger charge is -2.18. The number of benzene rings is 1. The van der Waals surface area contributed by atoms with Crippen LogP contribution in [0.3, 0.4) is 0 Å². The van der Waals surface area contributed by atoms with E-state index in [1.54, 1.807) is 0 Å². The molecular formula is C15H21BrO. The topological polar surface area (TPSA) is 9.23 Å². The first kappa shape index (κ1) is 12.9. The summed E-state index contributed by atoms with van der Waals surface area (Å²) in [7, 11) is 0. The quantitative estimate of drug-likeness (QED) is 0.725. The zero-order valence-electron chi connectivity index (χ0n) is 11.1. The first-order valence-electron chi connectivity index (χ1n) is 6.31. The molecule has 1 atom stereocenters. The van der Waals surface area contributed by atoms with Crippen LogP contribution in [-0.2, 0) is 5.41 Å². The van der Waals surface area contributed by atoms with Gasteiger partial charge in [-0.2, -0.15) is 0 Å². The number of hydrogen-bond donors (Lipinski definition) is 0. The van der Waals surface area contributed by atoms with E-state index in [0.717, 1.165) is 12.4 Å². The zero-order chi connectivity index (χ0) is 12.6. The Hall–Kier alpha value is -0.500. The van der Waals surface area contributed by atoms with Crippen molar-refractivity contribution >= 4 is 15.9 Å². The minimum absolute atomic E-state index is 0.149. The Kier molecular flexibility index (Phi) is 3.53. The van der Waals surface area contributed by atoms with Crippen LogP contribution >= 0.6 is 15.9 Å². The highest BCUT2D eigenvalue weighted by Crippen LogP contribution is 2.41. The molecule has 2 rings (SSSR count). The molecule has 1 unspecified atom stereocenters. The van der Waals surface area contributed by atoms with Gasteiger partial charge in [-0.05, 0) is 24.0 Å². The molecule has 1 heterocycles. The van der Waals surface area contributed by atoms with Gasteiger partial charge in [0, 0.05) is 15.8 Å². The second-order valence-electron chi connectivity index (χ2n) is 6.03. The van der Waals surface area contributed by atoms with E-state index in [1.807, 2.05) is 0 Å². The second kappa shape index (κ2) is 4.64. The van der Waals surface area contributed by atoms with E-state index in [9.17, 15) is 0 Å². The molecule has 1 aliphatic rings. The zero-order valence-corrected chi connectivity index (χ0v) is 12.7. The van der Waals surface area contributed by atoms with Crippen molar-refractivity contribution in [2.24, 2.45) is 5.92 Å². The van der Waals surface area contributed by atoms with Crippen LogP contribution in [-0.4, -0.2) is 6.61 Å². The molecule has 1 aromatic carbocycles. The standard InChI is InChI=1S/C15H21BrO/c1-10(2)7-13(16)11-5-6-14-12(8-11)15(3,4)9-17-14/h5-6,8,10,13H,7,9H2,1-4H3. The first-order valence-corrected chi connectivity index (χ1v) is 7.23. The van der Waals surface area contributed by atoms with Gasteiger partial charge in [0.05, 0.1) is 6.61 Å². The lowest BCUT2D eigenvalue weighted by atomic mass is 9.85. The van der Waals surface area contributed by atoms with Crippen molar-refractivity contribution in [2.75, 3.05) is 6.61 Å². The molecule has 0 saturated heterocycles. The molecular weight excluding hydrogens is 276 g/mol. The van der Waals surface area contributed by atoms with Crippen LogP contribution < -0.4 is 4.74 Å². The molecule has 0 aromatic heterocycles. The Labute approximate surface area is 113 Å². The number of halogens is 1. The molecule has 1 nitrogen and oxygen atoms in total. The maximum absolute atomic E-state index is 5.71. The molecule has 0 aliphatic carbocycles. The number of ether oxygens (including phenoxy) is 1. The Morgan fingerprint density at radius 2 is 2.06 bits per heavy atom. The van der Waals surface area contributed by atoms with Crippen molar-refractivity contribution in [3.63, 3.8) is 0 Å². The summed E-state index contributed by atoms with van der Waals surface area (Å²) in [5, 5.41) is 0. The largest absolute Gasteiger partial charge is 0.492 e. The van der Waals surface area contributed by atoms with Crippen LogP contribution in [0.4, 0.5) is 0 Å². The average Bonchev–Trinajstić information content (AvgIpc) is 2.54. The third-order valence-corrected chi connectivity index (χ3v) is 4.26. The van der Waals surface area contributed by atoms with Crippen molar-refractivity contribution in [3.05, 3.63) is 29.3 Å². The molecule has 0 saturated carbocycles. The van der Waals surface area contributed by atoms with Gasteiger partial charge in [-0.3, -0.25) is 0 Å². The van der Waals surface area contributed by atoms with Gasteiger partial charge in [0.2, 0.25) is 0 Å². The van der Waals surface area contributed by atoms with E-state index in [0.29, 0.717) is 10.7 Å². The number of alkyl halides is 1. The highest BCUT2D eigenvalue weighted by atomic mass is 79.9. The average molecular weight is 297 g/mol. The fourth-order valence-corrected chi connectivity index (χ4v) is 3.32. The molecule has 1 aromatic rings. The Morgan fingerprint density at radius 1 is 1.35 bits per heavy atom. The Morgan fingerprint density at radius 3 is 2.71 bits per heavy atom. The number of rotatable bonds is 3. The predicted molar refractivity (Wildman–Crippen MR) is 76.1 cm³/mol. The van der Waals surface area contributed by atoms with Gasteiger partial charge in [-0.25, -0.2) is 0 Å². The van der Waals surface area contributed by atoms with Crippen LogP contribution in [0, 0.1) is 5.92 Å². The minimum Gasteiger partial charge on any atom is -0.492 e. The van der Waals surface area contributed by atoms with E-state index in [2.05, 4.69) is 61.8 Å². The minimum atomic E-state index is 0.149. The fourth-order valence-electron chi connectivity index (χ4n) is 2.28. The van der Waals surface area contributed by atoms with E-state index in [1.165, 1.54) is 17.5 Å². The smallest absolute Gasteiger partial charge is 0.123 e. The van der Waals surface area contributed by atoms with Crippen molar-refractivity contribution in [1.82, 2.24) is 0 Å². The summed E-state index contributed by atoms with van der Waals surface area (Å²) in [6, 6.07) is 6.61. The van der Waals surface area contributed by atoms with Crippen molar-refractivity contribution in [2.45, 2.75) is 44.4 Å². The van der Waals surface area contributed by atoms with Crippen LogP contribution in [0.15, 0.2) is 18.2 Å². The maximum Gasteiger partial charge on any atom is 0.123 e. The lowest BCUT2D eigenvalue weighted by Crippen LogP contribution is -2.18. The highest BCUT2D eigenvalue weighted by molar-refractivity contribution is 9.09. The molecule has 0 spiro atoms. The molecule has 17 heavy (non-hydrogen) atoms. The summed E-state index contributed by atoms with van der Waals surface area (Å²) in [6.07, 6.45) is 1.17. The first-order chi connectivity index (χ1) is 7.90. The van der Waals surface area contributed by atoms with Gasteiger partial charge in [-0.1, -0.05) is 55.8 Å². The van der Waals surface area contributed by atoms with E-state index < -0.39 is 0 Å². The van der Waals surface area contributed by atoms with Gasteiger partial charge in [0.15, 0.2) is 0 Å². The third-order valence-electron chi connectivity index (χ3n) is 3.36. The molecule has 0 bridgehead atoms. The summed E-state index contributed by atoms with van der Waals surface area (Å²) >= 11 is 3.79. The molecule has 2 heteroatoms. The van der Waals surface area contributed by atoms with Gasteiger partial charge >= 0.3 is 0 Å². The molecule has 0 fully saturated rings. The Balaban J connectivity index is 2.28. The van der Waals surface area contributed by atoms with E-state index in [4.69, 9.17) is 4.74 Å². The van der Waals surface area contributed by atoms with Gasteiger partial charge < -0.3 is 4.74 Å². The third kappa shape index (κ3) is 2.67. The van der Waals surface area contributed by atoms with Crippen LogP contribution in [0.5, 0.6) is 5.75 Å². The van der Waals surface area contributed by atoms with E-state index in [-0.39, 0.29) is 5.41 Å². The summed E-state index contributed by atoms with van der Waals surface area (Å²) in [5.74, 6) is 1.76. The van der Waals surface area contributed by atoms with Crippen LogP contribution in [0.1, 0.15) is 50.1 Å². The second-order valence-corrected chi connectivity index (χ2v) is 7.13.